The Balaban J connectivity index is 1.94. The van der Waals surface area contributed by atoms with Crippen molar-refractivity contribution in [1.82, 2.24) is 24.7 Å². The third-order valence-corrected chi connectivity index (χ3v) is 3.98. The van der Waals surface area contributed by atoms with Gasteiger partial charge in [-0.2, -0.15) is 5.10 Å². The molecular weight excluding hydrogens is 292 g/mol. The maximum atomic E-state index is 11.4. The molecule has 1 amide bonds. The monoisotopic (exact) mass is 306 g/mol. The predicted molar refractivity (Wildman–Crippen MR) is 83.0 cm³/mol. The third kappa shape index (κ3) is 2.09. The molecule has 0 saturated carbocycles. The standard InChI is InChI=1S/C16H14N6O/c1-9-13-11(22(21-9)12-4-2-3-7-18-12)6-5-10-8-19-16(15(17)23)20-14(10)13/h2-4,7-8H,5-6H2,1H3,(H2,17,23). The highest BCUT2D eigenvalue weighted by molar-refractivity contribution is 5.89. The number of fused-ring (bicyclic) bond motifs is 3. The summed E-state index contributed by atoms with van der Waals surface area (Å²) < 4.78 is 1.85. The number of nitrogens with two attached hydrogens (primary N) is 1. The van der Waals surface area contributed by atoms with Crippen molar-refractivity contribution < 1.29 is 4.79 Å². The lowest BCUT2D eigenvalue weighted by atomic mass is 9.93. The van der Waals surface area contributed by atoms with E-state index in [4.69, 9.17) is 5.73 Å². The van der Waals surface area contributed by atoms with E-state index in [0.29, 0.717) is 0 Å². The van der Waals surface area contributed by atoms with Crippen molar-refractivity contribution in [2.24, 2.45) is 5.73 Å². The molecule has 1 aliphatic carbocycles. The Labute approximate surface area is 132 Å². The summed E-state index contributed by atoms with van der Waals surface area (Å²) in [6, 6.07) is 5.71. The highest BCUT2D eigenvalue weighted by Gasteiger charge is 2.26. The molecule has 0 aromatic carbocycles. The topological polar surface area (TPSA) is 99.6 Å². The normalized spacial score (nSPS) is 12.6. The van der Waals surface area contributed by atoms with Crippen molar-refractivity contribution in [1.29, 1.82) is 0 Å². The number of hydrogen-bond acceptors (Lipinski definition) is 5. The van der Waals surface area contributed by atoms with Gasteiger partial charge in [-0.25, -0.2) is 19.6 Å². The van der Waals surface area contributed by atoms with Gasteiger partial charge in [0.15, 0.2) is 5.82 Å². The Hall–Kier alpha value is -3.09. The van der Waals surface area contributed by atoms with Crippen molar-refractivity contribution in [2.75, 3.05) is 0 Å². The molecule has 0 bridgehead atoms. The predicted octanol–water partition coefficient (Wildman–Crippen LogP) is 1.23. The first kappa shape index (κ1) is 13.6. The first-order valence-electron chi connectivity index (χ1n) is 7.31. The van der Waals surface area contributed by atoms with Crippen molar-refractivity contribution in [3.05, 3.63) is 53.4 Å². The van der Waals surface area contributed by atoms with Crippen LogP contribution in [0.1, 0.15) is 27.6 Å². The number of carbonyl (C=O) groups excluding carboxylic acids is 1. The average molecular weight is 306 g/mol. The molecule has 1 aliphatic rings. The fourth-order valence-electron chi connectivity index (χ4n) is 2.96. The SMILES string of the molecule is Cc1nn(-c2ccccn2)c2c1-c1nc(C(N)=O)ncc1CC2. The van der Waals surface area contributed by atoms with Gasteiger partial charge in [-0.15, -0.1) is 0 Å². The van der Waals surface area contributed by atoms with Crippen LogP contribution in [0.25, 0.3) is 17.1 Å². The molecule has 3 heterocycles. The number of hydrogen-bond donors (Lipinski definition) is 1. The Bertz CT molecular complexity index is 916. The molecular formula is C16H14N6O. The van der Waals surface area contributed by atoms with Gasteiger partial charge in [0.1, 0.15) is 0 Å². The number of pyridine rings is 1. The van der Waals surface area contributed by atoms with Crippen LogP contribution < -0.4 is 5.73 Å². The number of aryl methyl sites for hydroxylation is 2. The molecule has 3 aromatic heterocycles. The average Bonchev–Trinajstić information content (AvgIpc) is 2.92. The lowest BCUT2D eigenvalue weighted by Gasteiger charge is -2.17. The van der Waals surface area contributed by atoms with E-state index in [9.17, 15) is 4.79 Å². The fourth-order valence-corrected chi connectivity index (χ4v) is 2.96. The van der Waals surface area contributed by atoms with Crippen LogP contribution in [0.2, 0.25) is 0 Å². The van der Waals surface area contributed by atoms with Gasteiger partial charge in [0.2, 0.25) is 5.82 Å². The molecule has 0 aliphatic heterocycles. The zero-order valence-corrected chi connectivity index (χ0v) is 12.5. The largest absolute Gasteiger partial charge is 0.363 e. The minimum Gasteiger partial charge on any atom is -0.363 e. The van der Waals surface area contributed by atoms with Crippen molar-refractivity contribution >= 4 is 5.91 Å². The second-order valence-corrected chi connectivity index (χ2v) is 5.44. The van der Waals surface area contributed by atoms with Gasteiger partial charge in [-0.3, -0.25) is 4.79 Å². The fraction of sp³-hybridized carbons (Fsp3) is 0.188. The number of carbonyl (C=O) groups is 1. The number of nitrogens with zero attached hydrogens (tertiary/aromatic N) is 5. The summed E-state index contributed by atoms with van der Waals surface area (Å²) in [6.45, 7) is 1.93. The smallest absolute Gasteiger partial charge is 0.286 e. The zero-order valence-electron chi connectivity index (χ0n) is 12.5. The van der Waals surface area contributed by atoms with E-state index >= 15 is 0 Å². The van der Waals surface area contributed by atoms with Crippen LogP contribution in [0.15, 0.2) is 30.6 Å². The minimum atomic E-state index is -0.630. The maximum Gasteiger partial charge on any atom is 0.286 e. The first-order valence-corrected chi connectivity index (χ1v) is 7.31. The number of amides is 1. The number of primary amides is 1. The molecule has 0 fully saturated rings. The summed E-state index contributed by atoms with van der Waals surface area (Å²) in [7, 11) is 0. The molecule has 7 nitrogen and oxygen atoms in total. The molecule has 2 N–H and O–H groups in total. The molecule has 0 radical (unpaired) electrons. The van der Waals surface area contributed by atoms with Crippen molar-refractivity contribution in [3.63, 3.8) is 0 Å². The summed E-state index contributed by atoms with van der Waals surface area (Å²) in [5, 5.41) is 4.61. The Kier molecular flexibility index (Phi) is 2.94. The van der Waals surface area contributed by atoms with E-state index < -0.39 is 5.91 Å². The highest BCUT2D eigenvalue weighted by atomic mass is 16.1. The second-order valence-electron chi connectivity index (χ2n) is 5.44. The lowest BCUT2D eigenvalue weighted by Crippen LogP contribution is -2.18. The zero-order chi connectivity index (χ0) is 16.0. The molecule has 3 aromatic rings. The van der Waals surface area contributed by atoms with Gasteiger partial charge < -0.3 is 5.73 Å². The van der Waals surface area contributed by atoms with E-state index in [1.807, 2.05) is 29.8 Å². The van der Waals surface area contributed by atoms with Crippen LogP contribution in [0.4, 0.5) is 0 Å². The number of rotatable bonds is 2. The van der Waals surface area contributed by atoms with Gasteiger partial charge in [0.25, 0.3) is 5.91 Å². The second kappa shape index (κ2) is 4.98. The summed E-state index contributed by atoms with van der Waals surface area (Å²) in [5.74, 6) is 0.167. The molecule has 23 heavy (non-hydrogen) atoms. The van der Waals surface area contributed by atoms with E-state index in [0.717, 1.165) is 46.9 Å². The van der Waals surface area contributed by atoms with E-state index in [-0.39, 0.29) is 5.82 Å². The number of aromatic nitrogens is 5. The Morgan fingerprint density at radius 1 is 1.26 bits per heavy atom. The van der Waals surface area contributed by atoms with Crippen molar-refractivity contribution in [3.8, 4) is 17.1 Å². The van der Waals surface area contributed by atoms with E-state index in [2.05, 4.69) is 20.1 Å². The first-order chi connectivity index (χ1) is 11.1. The maximum absolute atomic E-state index is 11.4. The molecule has 0 unspecified atom stereocenters. The van der Waals surface area contributed by atoms with Crippen LogP contribution >= 0.6 is 0 Å². The van der Waals surface area contributed by atoms with Crippen LogP contribution in [-0.4, -0.2) is 30.6 Å². The molecule has 4 rings (SSSR count). The van der Waals surface area contributed by atoms with Crippen LogP contribution in [0, 0.1) is 6.92 Å². The third-order valence-electron chi connectivity index (χ3n) is 3.98. The summed E-state index contributed by atoms with van der Waals surface area (Å²) in [4.78, 5) is 24.1. The highest BCUT2D eigenvalue weighted by Crippen LogP contribution is 2.35. The quantitative estimate of drug-likeness (QED) is 0.767. The van der Waals surface area contributed by atoms with Crippen LogP contribution in [-0.2, 0) is 12.8 Å². The van der Waals surface area contributed by atoms with Gasteiger partial charge >= 0.3 is 0 Å². The molecule has 0 saturated heterocycles. The summed E-state index contributed by atoms with van der Waals surface area (Å²) in [6.07, 6.45) is 5.03. The van der Waals surface area contributed by atoms with Gasteiger partial charge in [-0.1, -0.05) is 6.07 Å². The van der Waals surface area contributed by atoms with E-state index in [1.165, 1.54) is 0 Å². The molecule has 0 atom stereocenters. The molecule has 7 heteroatoms. The lowest BCUT2D eigenvalue weighted by molar-refractivity contribution is 0.0990. The van der Waals surface area contributed by atoms with Crippen LogP contribution in [0.3, 0.4) is 0 Å². The summed E-state index contributed by atoms with van der Waals surface area (Å²) >= 11 is 0. The van der Waals surface area contributed by atoms with Crippen LogP contribution in [0.5, 0.6) is 0 Å². The van der Waals surface area contributed by atoms with Gasteiger partial charge in [0, 0.05) is 18.0 Å². The Morgan fingerprint density at radius 3 is 2.87 bits per heavy atom. The Morgan fingerprint density at radius 2 is 2.13 bits per heavy atom. The van der Waals surface area contributed by atoms with E-state index in [1.54, 1.807) is 12.4 Å². The molecule has 114 valence electrons. The molecule has 0 spiro atoms. The minimum absolute atomic E-state index is 0.0292. The van der Waals surface area contributed by atoms with Gasteiger partial charge in [-0.05, 0) is 37.5 Å². The van der Waals surface area contributed by atoms with Crippen molar-refractivity contribution in [2.45, 2.75) is 19.8 Å². The van der Waals surface area contributed by atoms with Gasteiger partial charge in [0.05, 0.1) is 17.1 Å². The summed E-state index contributed by atoms with van der Waals surface area (Å²) in [5.41, 5.74) is 9.90.